The van der Waals surface area contributed by atoms with Crippen LogP contribution in [0.2, 0.25) is 0 Å². The third kappa shape index (κ3) is 74.8. The van der Waals surface area contributed by atoms with E-state index in [-0.39, 0.29) is 38.2 Å². The topological polar surface area (TPSA) is 108 Å². The van der Waals surface area contributed by atoms with Gasteiger partial charge in [-0.2, -0.15) is 0 Å². The molecule has 0 heterocycles. The third-order valence-electron chi connectivity index (χ3n) is 18.4. The van der Waals surface area contributed by atoms with Gasteiger partial charge in [-0.1, -0.05) is 384 Å². The van der Waals surface area contributed by atoms with E-state index < -0.39 is 18.4 Å². The number of hydrogen-bond donors (Lipinski definition) is 1. The maximum Gasteiger partial charge on any atom is 0.361 e. The van der Waals surface area contributed by atoms with E-state index in [0.29, 0.717) is 17.4 Å². The maximum absolute atomic E-state index is 13.0. The Morgan fingerprint density at radius 1 is 0.330 bits per heavy atom. The number of aliphatic carboxylic acids is 1. The summed E-state index contributed by atoms with van der Waals surface area (Å²) in [6, 6.07) is 0. The highest BCUT2D eigenvalue weighted by Gasteiger charge is 2.25. The van der Waals surface area contributed by atoms with Crippen molar-refractivity contribution < 1.29 is 42.9 Å². The second-order valence-corrected chi connectivity index (χ2v) is 28.7. The molecule has 0 fully saturated rings. The SMILES string of the molecule is CCCCCCC/C=C\C/C=C\C/C=C\CCCCCCCCCCCCCCCCCCCCCCCCC(=O)OC(COC(=O)CCCCCCCCCCCCCCCCCCCCCCCCCCCCCCC)COC(OCC[N+](C)(C)C)C(=O)O. The summed E-state index contributed by atoms with van der Waals surface area (Å²) in [5, 5.41) is 9.77. The largest absolute Gasteiger partial charge is 0.477 e. The smallest absolute Gasteiger partial charge is 0.361 e. The van der Waals surface area contributed by atoms with Gasteiger partial charge in [0.15, 0.2) is 6.10 Å². The Morgan fingerprint density at radius 2 is 0.593 bits per heavy atom. The Balaban J connectivity index is 3.97. The predicted octanol–water partition coefficient (Wildman–Crippen LogP) is 25.5. The fourth-order valence-electron chi connectivity index (χ4n) is 12.3. The molecule has 2 unspecified atom stereocenters. The number of unbranched alkanes of at least 4 members (excludes halogenated alkanes) is 55. The van der Waals surface area contributed by atoms with Crippen molar-refractivity contribution in [1.82, 2.24) is 0 Å². The van der Waals surface area contributed by atoms with Crippen molar-refractivity contribution in [3.8, 4) is 0 Å². The molecule has 0 aromatic heterocycles. The van der Waals surface area contributed by atoms with E-state index in [0.717, 1.165) is 51.4 Å². The molecule has 0 saturated carbocycles. The van der Waals surface area contributed by atoms with Gasteiger partial charge in [0.25, 0.3) is 6.29 Å². The third-order valence-corrected chi connectivity index (χ3v) is 18.4. The van der Waals surface area contributed by atoms with Gasteiger partial charge in [0.05, 0.1) is 34.4 Å². The first-order valence-corrected chi connectivity index (χ1v) is 40.2. The average Bonchev–Trinajstić information content (AvgIpc) is 3.50. The lowest BCUT2D eigenvalue weighted by Gasteiger charge is -2.25. The monoisotopic (exact) mass is 1280 g/mol. The lowest BCUT2D eigenvalue weighted by Crippen LogP contribution is -2.40. The van der Waals surface area contributed by atoms with Crippen LogP contribution in [-0.4, -0.2) is 87.4 Å². The summed E-state index contributed by atoms with van der Waals surface area (Å²) < 4.78 is 23.1. The van der Waals surface area contributed by atoms with E-state index >= 15 is 0 Å². The molecule has 0 aromatic rings. The number of carboxylic acids is 1. The number of carbonyl (C=O) groups excluding carboxylic acids is 2. The molecule has 9 heteroatoms. The molecular weight excluding hydrogens is 1130 g/mol. The van der Waals surface area contributed by atoms with Crippen LogP contribution in [0.3, 0.4) is 0 Å². The molecule has 0 aliphatic carbocycles. The van der Waals surface area contributed by atoms with Crippen molar-refractivity contribution in [3.05, 3.63) is 36.5 Å². The van der Waals surface area contributed by atoms with Crippen molar-refractivity contribution in [2.75, 3.05) is 47.5 Å². The van der Waals surface area contributed by atoms with Crippen LogP contribution in [0.1, 0.15) is 412 Å². The zero-order valence-electron chi connectivity index (χ0n) is 61.5. The molecule has 2 atom stereocenters. The molecule has 536 valence electrons. The van der Waals surface area contributed by atoms with Crippen molar-refractivity contribution in [1.29, 1.82) is 0 Å². The normalized spacial score (nSPS) is 12.8. The molecule has 0 bridgehead atoms. The highest BCUT2D eigenvalue weighted by Crippen LogP contribution is 2.20. The number of carbonyl (C=O) groups is 3. The lowest BCUT2D eigenvalue weighted by atomic mass is 10.0. The summed E-state index contributed by atoms with van der Waals surface area (Å²) in [4.78, 5) is 37.7. The van der Waals surface area contributed by atoms with Gasteiger partial charge in [0, 0.05) is 12.8 Å². The Bertz CT molecular complexity index is 1590. The summed E-state index contributed by atoms with van der Waals surface area (Å²) in [6.45, 7) is 4.95. The molecule has 1 N–H and O–H groups in total. The molecule has 0 amide bonds. The van der Waals surface area contributed by atoms with Gasteiger partial charge in [-0.25, -0.2) is 4.79 Å². The van der Waals surface area contributed by atoms with E-state index in [1.54, 1.807) is 0 Å². The zero-order chi connectivity index (χ0) is 66.1. The molecule has 0 saturated heterocycles. The summed E-state index contributed by atoms with van der Waals surface area (Å²) in [5.41, 5.74) is 0. The standard InChI is InChI=1S/C82H155NO8/c1-6-8-10-12-14-16-18-20-22-24-26-28-30-32-34-36-37-38-39-40-41-42-43-45-47-49-51-53-55-57-59-61-63-65-67-69-71-73-80(85)91-78(77-90-82(81(86)87)88-75-74-83(3,4)5)76-89-79(84)72-70-68-66-64-62-60-58-56-54-52-50-48-46-44-35-33-31-29-27-25-23-21-19-17-15-13-11-9-7-2/h18,20,24,26,30,32,78,82H,6-17,19,21-23,25,27-29,31,33-77H2,1-5H3/p+1/b20-18-,26-24-,32-30-. The van der Waals surface area contributed by atoms with E-state index in [4.69, 9.17) is 18.9 Å². The number of likely N-dealkylation sites (N-methyl/N-ethyl adjacent to an activating group) is 1. The number of allylic oxidation sites excluding steroid dienone is 6. The summed E-state index contributed by atoms with van der Waals surface area (Å²) in [6.07, 6.45) is 91.6. The highest BCUT2D eigenvalue weighted by molar-refractivity contribution is 5.71. The molecule has 0 aliphatic heterocycles. The van der Waals surface area contributed by atoms with Crippen LogP contribution in [0.25, 0.3) is 0 Å². The van der Waals surface area contributed by atoms with Crippen molar-refractivity contribution in [3.63, 3.8) is 0 Å². The van der Waals surface area contributed by atoms with Crippen LogP contribution in [0.5, 0.6) is 0 Å². The molecule has 0 rings (SSSR count). The number of nitrogens with zero attached hydrogens (tertiary/aromatic N) is 1. The Hall–Kier alpha value is -2.49. The van der Waals surface area contributed by atoms with Gasteiger partial charge >= 0.3 is 17.9 Å². The van der Waals surface area contributed by atoms with Crippen LogP contribution < -0.4 is 0 Å². The summed E-state index contributed by atoms with van der Waals surface area (Å²) in [5.74, 6) is -1.97. The lowest BCUT2D eigenvalue weighted by molar-refractivity contribution is -0.870. The van der Waals surface area contributed by atoms with Crippen LogP contribution in [0.15, 0.2) is 36.5 Å². The van der Waals surface area contributed by atoms with Crippen LogP contribution in [0, 0.1) is 0 Å². The second-order valence-electron chi connectivity index (χ2n) is 28.7. The fraction of sp³-hybridized carbons (Fsp3) is 0.890. The Kier molecular flexibility index (Phi) is 71.3. The van der Waals surface area contributed by atoms with Crippen molar-refractivity contribution in [2.45, 2.75) is 424 Å². The molecular formula is C82H156NO8+. The first-order chi connectivity index (χ1) is 44.6. The van der Waals surface area contributed by atoms with E-state index in [9.17, 15) is 19.5 Å². The quantitative estimate of drug-likeness (QED) is 0.0211. The highest BCUT2D eigenvalue weighted by atomic mass is 16.7. The van der Waals surface area contributed by atoms with Gasteiger partial charge in [0.2, 0.25) is 0 Å². The Morgan fingerprint density at radius 3 is 0.879 bits per heavy atom. The van der Waals surface area contributed by atoms with Gasteiger partial charge < -0.3 is 28.5 Å². The minimum absolute atomic E-state index is 0.174. The molecule has 0 spiro atoms. The second kappa shape index (κ2) is 73.3. The van der Waals surface area contributed by atoms with Crippen LogP contribution in [-0.2, 0) is 33.3 Å². The molecule has 0 aromatic carbocycles. The van der Waals surface area contributed by atoms with Gasteiger partial charge in [0.1, 0.15) is 13.2 Å². The van der Waals surface area contributed by atoms with E-state index in [2.05, 4.69) is 50.3 Å². The minimum Gasteiger partial charge on any atom is -0.477 e. The maximum atomic E-state index is 13.0. The first-order valence-electron chi connectivity index (χ1n) is 40.2. The number of quaternary nitrogens is 1. The van der Waals surface area contributed by atoms with Gasteiger partial charge in [-0.15, -0.1) is 0 Å². The van der Waals surface area contributed by atoms with Crippen LogP contribution >= 0.6 is 0 Å². The molecule has 91 heavy (non-hydrogen) atoms. The number of ether oxygens (including phenoxy) is 4. The molecule has 0 radical (unpaired) electrons. The van der Waals surface area contributed by atoms with E-state index in [1.807, 2.05) is 21.1 Å². The van der Waals surface area contributed by atoms with Crippen LogP contribution in [0.4, 0.5) is 0 Å². The summed E-state index contributed by atoms with van der Waals surface area (Å²) in [7, 11) is 6.00. The fourth-order valence-corrected chi connectivity index (χ4v) is 12.3. The number of rotatable bonds is 76. The number of esters is 2. The number of carboxylic acid groups (broad SMARTS) is 1. The van der Waals surface area contributed by atoms with Gasteiger partial charge in [-0.05, 0) is 51.4 Å². The van der Waals surface area contributed by atoms with Crippen molar-refractivity contribution in [2.24, 2.45) is 0 Å². The molecule has 9 nitrogen and oxygen atoms in total. The zero-order valence-corrected chi connectivity index (χ0v) is 61.5. The van der Waals surface area contributed by atoms with Gasteiger partial charge in [-0.3, -0.25) is 9.59 Å². The minimum atomic E-state index is -1.51. The van der Waals surface area contributed by atoms with E-state index in [1.165, 1.54) is 334 Å². The predicted molar refractivity (Wildman–Crippen MR) is 392 cm³/mol. The average molecular weight is 1280 g/mol. The number of hydrogen-bond acceptors (Lipinski definition) is 7. The Labute approximate surface area is 566 Å². The molecule has 0 aliphatic rings. The summed E-state index contributed by atoms with van der Waals surface area (Å²) >= 11 is 0. The first kappa shape index (κ1) is 88.5. The van der Waals surface area contributed by atoms with Crippen molar-refractivity contribution >= 4 is 17.9 Å².